The number of fused-ring (bicyclic) bond motifs is 1. The highest BCUT2D eigenvalue weighted by Crippen LogP contribution is 2.28. The van der Waals surface area contributed by atoms with Gasteiger partial charge in [-0.25, -0.2) is 4.98 Å². The van der Waals surface area contributed by atoms with Crippen molar-refractivity contribution in [3.05, 3.63) is 51.9 Å². The van der Waals surface area contributed by atoms with E-state index in [1.165, 1.54) is 12.8 Å². The lowest BCUT2D eigenvalue weighted by Crippen LogP contribution is -2.32. The molecule has 6 heteroatoms. The van der Waals surface area contributed by atoms with Crippen molar-refractivity contribution in [2.75, 3.05) is 13.1 Å². The second kappa shape index (κ2) is 7.29. The van der Waals surface area contributed by atoms with E-state index in [1.54, 1.807) is 11.6 Å². The number of hydrogen-bond donors (Lipinski definition) is 2. The van der Waals surface area contributed by atoms with Crippen molar-refractivity contribution in [2.24, 2.45) is 13.0 Å². The smallest absolute Gasteiger partial charge is 0.253 e. The Labute approximate surface area is 158 Å². The van der Waals surface area contributed by atoms with Crippen LogP contribution < -0.4 is 10.9 Å². The topological polar surface area (TPSA) is 72.1 Å². The van der Waals surface area contributed by atoms with E-state index in [9.17, 15) is 9.90 Å². The summed E-state index contributed by atoms with van der Waals surface area (Å²) in [6.07, 6.45) is 4.26. The van der Waals surface area contributed by atoms with Crippen molar-refractivity contribution in [3.63, 3.8) is 0 Å². The van der Waals surface area contributed by atoms with E-state index in [0.29, 0.717) is 11.5 Å². The molecule has 0 aliphatic carbocycles. The highest BCUT2D eigenvalue weighted by molar-refractivity contribution is 5.81. The number of aromatic nitrogens is 3. The fourth-order valence-electron chi connectivity index (χ4n) is 4.02. The Morgan fingerprint density at radius 1 is 1.33 bits per heavy atom. The van der Waals surface area contributed by atoms with Crippen molar-refractivity contribution >= 4 is 11.0 Å². The molecule has 3 aromatic rings. The van der Waals surface area contributed by atoms with Crippen LogP contribution in [0.4, 0.5) is 0 Å². The van der Waals surface area contributed by atoms with Crippen LogP contribution in [-0.2, 0) is 20.2 Å². The lowest BCUT2D eigenvalue weighted by Gasteiger charge is -2.24. The Balaban J connectivity index is 1.87. The standard InChI is InChI=1S/C21H26N4O2/c1-14-8-17(12-24(2)21(14)27)20-23-18-9-15(13-26)5-6-19(18)25(20)11-16-4-3-7-22-10-16/h5-6,8-9,12,16,22,26H,3-4,7,10-11,13H2,1-2H3/t16-/m0/s1. The first kappa shape index (κ1) is 17.9. The van der Waals surface area contributed by atoms with E-state index in [-0.39, 0.29) is 12.2 Å². The van der Waals surface area contributed by atoms with Gasteiger partial charge >= 0.3 is 0 Å². The van der Waals surface area contributed by atoms with Crippen LogP contribution in [0.25, 0.3) is 22.4 Å². The molecule has 1 fully saturated rings. The number of piperidine rings is 1. The lowest BCUT2D eigenvalue weighted by molar-refractivity contribution is 0.282. The molecule has 2 aromatic heterocycles. The molecule has 142 valence electrons. The number of aliphatic hydroxyl groups excluding tert-OH is 1. The Kier molecular flexibility index (Phi) is 4.85. The van der Waals surface area contributed by atoms with Crippen molar-refractivity contribution in [3.8, 4) is 11.4 Å². The molecule has 1 aliphatic heterocycles. The number of benzene rings is 1. The summed E-state index contributed by atoms with van der Waals surface area (Å²) in [5.41, 5.74) is 4.48. The van der Waals surface area contributed by atoms with Gasteiger partial charge in [0.25, 0.3) is 5.56 Å². The minimum Gasteiger partial charge on any atom is -0.392 e. The van der Waals surface area contributed by atoms with Crippen molar-refractivity contribution in [2.45, 2.75) is 32.9 Å². The quantitative estimate of drug-likeness (QED) is 0.743. The van der Waals surface area contributed by atoms with E-state index >= 15 is 0 Å². The van der Waals surface area contributed by atoms with E-state index in [2.05, 4.69) is 9.88 Å². The molecule has 0 spiro atoms. The SMILES string of the molecule is Cc1cc(-c2nc3cc(CO)ccc3n2C[C@H]2CCCNC2)cn(C)c1=O. The number of aryl methyl sites for hydroxylation is 2. The number of rotatable bonds is 4. The highest BCUT2D eigenvalue weighted by Gasteiger charge is 2.20. The largest absolute Gasteiger partial charge is 0.392 e. The molecule has 0 unspecified atom stereocenters. The van der Waals surface area contributed by atoms with E-state index in [1.807, 2.05) is 37.4 Å². The molecule has 0 radical (unpaired) electrons. The second-order valence-corrected chi connectivity index (χ2v) is 7.57. The van der Waals surface area contributed by atoms with Crippen LogP contribution in [0.2, 0.25) is 0 Å². The number of aliphatic hydroxyl groups is 1. The van der Waals surface area contributed by atoms with Gasteiger partial charge in [0.05, 0.1) is 17.6 Å². The van der Waals surface area contributed by atoms with E-state index < -0.39 is 0 Å². The molecule has 2 N–H and O–H groups in total. The fraction of sp³-hybridized carbons (Fsp3) is 0.429. The van der Waals surface area contributed by atoms with E-state index in [0.717, 1.165) is 47.6 Å². The third-order valence-electron chi connectivity index (χ3n) is 5.46. The molecule has 0 bridgehead atoms. The monoisotopic (exact) mass is 366 g/mol. The minimum atomic E-state index is 0.00360. The third-order valence-corrected chi connectivity index (χ3v) is 5.46. The number of hydrogen-bond acceptors (Lipinski definition) is 4. The summed E-state index contributed by atoms with van der Waals surface area (Å²) in [7, 11) is 1.78. The molecule has 3 heterocycles. The molecule has 1 aliphatic rings. The first-order valence-electron chi connectivity index (χ1n) is 9.55. The maximum atomic E-state index is 12.1. The van der Waals surface area contributed by atoms with Gasteiger partial charge in [0.15, 0.2) is 0 Å². The lowest BCUT2D eigenvalue weighted by atomic mass is 9.99. The Morgan fingerprint density at radius 2 is 2.19 bits per heavy atom. The fourth-order valence-corrected chi connectivity index (χ4v) is 4.02. The number of pyridine rings is 1. The van der Waals surface area contributed by atoms with Crippen molar-refractivity contribution < 1.29 is 5.11 Å². The van der Waals surface area contributed by atoms with Crippen LogP contribution in [0.15, 0.2) is 35.3 Å². The van der Waals surface area contributed by atoms with Crippen molar-refractivity contribution in [1.82, 2.24) is 19.4 Å². The summed E-state index contributed by atoms with van der Waals surface area (Å²) in [5, 5.41) is 13.0. The van der Waals surface area contributed by atoms with Gasteiger partial charge in [-0.2, -0.15) is 0 Å². The third kappa shape index (κ3) is 3.42. The molecule has 1 atom stereocenters. The van der Waals surface area contributed by atoms with Crippen molar-refractivity contribution in [1.29, 1.82) is 0 Å². The predicted molar refractivity (Wildman–Crippen MR) is 107 cm³/mol. The summed E-state index contributed by atoms with van der Waals surface area (Å²) in [6, 6.07) is 7.87. The molecule has 0 amide bonds. The Morgan fingerprint density at radius 3 is 2.89 bits per heavy atom. The molecule has 1 aromatic carbocycles. The molecular weight excluding hydrogens is 340 g/mol. The number of nitrogens with one attached hydrogen (secondary N) is 1. The van der Waals surface area contributed by atoms with Crippen LogP contribution in [0, 0.1) is 12.8 Å². The zero-order valence-corrected chi connectivity index (χ0v) is 15.9. The summed E-state index contributed by atoms with van der Waals surface area (Å²) >= 11 is 0. The van der Waals surface area contributed by atoms with Crippen LogP contribution in [0.1, 0.15) is 24.0 Å². The van der Waals surface area contributed by atoms with E-state index in [4.69, 9.17) is 4.98 Å². The van der Waals surface area contributed by atoms with Crippen LogP contribution in [0.5, 0.6) is 0 Å². The molecule has 1 saturated heterocycles. The first-order chi connectivity index (χ1) is 13.1. The summed E-state index contributed by atoms with van der Waals surface area (Å²) in [4.78, 5) is 17.0. The Hall–Kier alpha value is -2.44. The minimum absolute atomic E-state index is 0.00360. The zero-order chi connectivity index (χ0) is 19.0. The summed E-state index contributed by atoms with van der Waals surface area (Å²) in [5.74, 6) is 1.44. The molecular formula is C21H26N4O2. The van der Waals surface area contributed by atoms with Gasteiger partial charge in [0.1, 0.15) is 5.82 Å². The van der Waals surface area contributed by atoms with Gasteiger partial charge in [-0.15, -0.1) is 0 Å². The number of nitrogens with zero attached hydrogens (tertiary/aromatic N) is 3. The van der Waals surface area contributed by atoms with Gasteiger partial charge in [-0.1, -0.05) is 6.07 Å². The average molecular weight is 366 g/mol. The first-order valence-corrected chi connectivity index (χ1v) is 9.55. The molecule has 27 heavy (non-hydrogen) atoms. The maximum Gasteiger partial charge on any atom is 0.253 e. The Bertz CT molecular complexity index is 1000. The number of imidazole rings is 1. The molecule has 6 nitrogen and oxygen atoms in total. The normalized spacial score (nSPS) is 17.5. The maximum absolute atomic E-state index is 12.1. The van der Waals surface area contributed by atoms with Crippen LogP contribution >= 0.6 is 0 Å². The van der Waals surface area contributed by atoms with Gasteiger partial charge in [0, 0.05) is 30.9 Å². The zero-order valence-electron chi connectivity index (χ0n) is 15.9. The summed E-state index contributed by atoms with van der Waals surface area (Å²) in [6.45, 7) is 4.84. The predicted octanol–water partition coefficient (Wildman–Crippen LogP) is 2.20. The average Bonchev–Trinajstić information content (AvgIpc) is 3.04. The second-order valence-electron chi connectivity index (χ2n) is 7.57. The van der Waals surface area contributed by atoms with Gasteiger partial charge in [-0.05, 0) is 62.5 Å². The van der Waals surface area contributed by atoms with Crippen LogP contribution in [0.3, 0.4) is 0 Å². The van der Waals surface area contributed by atoms with Crippen LogP contribution in [-0.4, -0.2) is 32.3 Å². The van der Waals surface area contributed by atoms with Gasteiger partial charge < -0.3 is 19.6 Å². The molecule has 0 saturated carbocycles. The molecule has 4 rings (SSSR count). The summed E-state index contributed by atoms with van der Waals surface area (Å²) < 4.78 is 3.89. The highest BCUT2D eigenvalue weighted by atomic mass is 16.3. The van der Waals surface area contributed by atoms with Gasteiger partial charge in [0.2, 0.25) is 0 Å². The van der Waals surface area contributed by atoms with Gasteiger partial charge in [-0.3, -0.25) is 4.79 Å².